The first-order valence-corrected chi connectivity index (χ1v) is 9.93. The van der Waals surface area contributed by atoms with E-state index >= 15 is 0 Å². The molecule has 0 atom stereocenters. The number of hydrogen-bond donors (Lipinski definition) is 1. The molecule has 0 saturated carbocycles. The molecule has 7 heteroatoms. The van der Waals surface area contributed by atoms with Crippen LogP contribution in [-0.2, 0) is 19.5 Å². The van der Waals surface area contributed by atoms with Crippen LogP contribution >= 0.6 is 22.6 Å². The Hall–Kier alpha value is -2.16. The number of nitrogens with one attached hydrogen (secondary N) is 1. The Morgan fingerprint density at radius 2 is 2.08 bits per heavy atom. The molecule has 1 aliphatic heterocycles. The second kappa shape index (κ2) is 7.61. The van der Waals surface area contributed by atoms with Crippen LogP contribution in [0.4, 0.5) is 0 Å². The van der Waals surface area contributed by atoms with Crippen molar-refractivity contribution in [2.75, 3.05) is 0 Å². The molecule has 2 aromatic heterocycles. The van der Waals surface area contributed by atoms with Crippen molar-refractivity contribution >= 4 is 28.5 Å². The quantitative estimate of drug-likeness (QED) is 0.607. The SMILES string of the molecule is O=C(NCc1nnc2n1CCCCC2)c1cccn1-c1cccc(I)c1. The van der Waals surface area contributed by atoms with Crippen molar-refractivity contribution < 1.29 is 4.79 Å². The van der Waals surface area contributed by atoms with Crippen LogP contribution in [0.25, 0.3) is 5.69 Å². The van der Waals surface area contributed by atoms with Gasteiger partial charge in [0.2, 0.25) is 0 Å². The van der Waals surface area contributed by atoms with Gasteiger partial charge in [0.1, 0.15) is 11.5 Å². The lowest BCUT2D eigenvalue weighted by atomic mass is 10.2. The molecule has 0 fully saturated rings. The van der Waals surface area contributed by atoms with Crippen molar-refractivity contribution in [3.63, 3.8) is 0 Å². The van der Waals surface area contributed by atoms with E-state index < -0.39 is 0 Å². The molecule has 1 N–H and O–H groups in total. The summed E-state index contributed by atoms with van der Waals surface area (Å²) in [6.07, 6.45) is 6.40. The third kappa shape index (κ3) is 3.53. The topological polar surface area (TPSA) is 64.7 Å². The van der Waals surface area contributed by atoms with Crippen molar-refractivity contribution in [2.45, 2.75) is 38.8 Å². The predicted octanol–water partition coefficient (Wildman–Crippen LogP) is 3.33. The lowest BCUT2D eigenvalue weighted by Gasteiger charge is -2.11. The number of benzene rings is 1. The number of rotatable bonds is 4. The van der Waals surface area contributed by atoms with Crippen molar-refractivity contribution in [3.05, 3.63) is 63.5 Å². The lowest BCUT2D eigenvalue weighted by molar-refractivity contribution is 0.0942. The normalized spacial score (nSPS) is 13.9. The van der Waals surface area contributed by atoms with Crippen LogP contribution in [0.2, 0.25) is 0 Å². The Kier molecular flexibility index (Phi) is 5.05. The van der Waals surface area contributed by atoms with E-state index in [9.17, 15) is 4.79 Å². The van der Waals surface area contributed by atoms with Crippen LogP contribution in [0.1, 0.15) is 41.4 Å². The maximum absolute atomic E-state index is 12.7. The van der Waals surface area contributed by atoms with Gasteiger partial charge in [-0.3, -0.25) is 4.79 Å². The van der Waals surface area contributed by atoms with Gasteiger partial charge in [-0.2, -0.15) is 0 Å². The zero-order chi connectivity index (χ0) is 17.9. The molecule has 0 radical (unpaired) electrons. The van der Waals surface area contributed by atoms with E-state index in [4.69, 9.17) is 0 Å². The van der Waals surface area contributed by atoms with Crippen molar-refractivity contribution in [1.82, 2.24) is 24.6 Å². The van der Waals surface area contributed by atoms with Crippen LogP contribution in [0, 0.1) is 3.57 Å². The number of carbonyl (C=O) groups excluding carboxylic acids is 1. The molecule has 26 heavy (non-hydrogen) atoms. The predicted molar refractivity (Wildman–Crippen MR) is 107 cm³/mol. The highest BCUT2D eigenvalue weighted by Crippen LogP contribution is 2.17. The molecule has 134 valence electrons. The Morgan fingerprint density at radius 1 is 1.15 bits per heavy atom. The van der Waals surface area contributed by atoms with Crippen molar-refractivity contribution in [1.29, 1.82) is 0 Å². The Bertz CT molecular complexity index is 930. The summed E-state index contributed by atoms with van der Waals surface area (Å²) in [7, 11) is 0. The van der Waals surface area contributed by atoms with E-state index in [1.54, 1.807) is 0 Å². The van der Waals surface area contributed by atoms with E-state index in [0.717, 1.165) is 46.7 Å². The average Bonchev–Trinajstić information content (AvgIpc) is 3.21. The molecule has 1 aliphatic rings. The second-order valence-electron chi connectivity index (χ2n) is 6.42. The molecule has 0 saturated heterocycles. The van der Waals surface area contributed by atoms with Crippen molar-refractivity contribution in [2.24, 2.45) is 0 Å². The largest absolute Gasteiger partial charge is 0.343 e. The van der Waals surface area contributed by atoms with Gasteiger partial charge >= 0.3 is 0 Å². The molecule has 1 amide bonds. The number of aromatic nitrogens is 4. The summed E-state index contributed by atoms with van der Waals surface area (Å²) in [4.78, 5) is 12.7. The van der Waals surface area contributed by atoms with Gasteiger partial charge in [-0.15, -0.1) is 10.2 Å². The summed E-state index contributed by atoms with van der Waals surface area (Å²) in [6, 6.07) is 11.8. The Morgan fingerprint density at radius 3 is 2.96 bits per heavy atom. The van der Waals surface area contributed by atoms with Crippen LogP contribution in [0.15, 0.2) is 42.6 Å². The minimum atomic E-state index is -0.111. The highest BCUT2D eigenvalue weighted by molar-refractivity contribution is 14.1. The van der Waals surface area contributed by atoms with Gasteiger partial charge < -0.3 is 14.5 Å². The summed E-state index contributed by atoms with van der Waals surface area (Å²) in [5.41, 5.74) is 1.59. The third-order valence-electron chi connectivity index (χ3n) is 4.66. The van der Waals surface area contributed by atoms with E-state index in [1.807, 2.05) is 41.1 Å². The van der Waals surface area contributed by atoms with E-state index in [2.05, 4.69) is 48.7 Å². The number of carbonyl (C=O) groups is 1. The minimum Gasteiger partial charge on any atom is -0.343 e. The van der Waals surface area contributed by atoms with Crippen LogP contribution in [-0.4, -0.2) is 25.2 Å². The van der Waals surface area contributed by atoms with Crippen LogP contribution in [0.5, 0.6) is 0 Å². The van der Waals surface area contributed by atoms with Gasteiger partial charge in [-0.25, -0.2) is 0 Å². The minimum absolute atomic E-state index is 0.111. The number of nitrogens with zero attached hydrogens (tertiary/aromatic N) is 4. The highest BCUT2D eigenvalue weighted by atomic mass is 127. The monoisotopic (exact) mass is 461 g/mol. The maximum atomic E-state index is 12.7. The molecule has 0 bridgehead atoms. The second-order valence-corrected chi connectivity index (χ2v) is 7.67. The van der Waals surface area contributed by atoms with Crippen LogP contribution < -0.4 is 5.32 Å². The molecule has 3 heterocycles. The van der Waals surface area contributed by atoms with E-state index in [-0.39, 0.29) is 5.91 Å². The Balaban J connectivity index is 1.50. The average molecular weight is 461 g/mol. The number of amides is 1. The first kappa shape index (κ1) is 17.3. The maximum Gasteiger partial charge on any atom is 0.268 e. The summed E-state index contributed by atoms with van der Waals surface area (Å²) in [6.45, 7) is 1.33. The van der Waals surface area contributed by atoms with Gasteiger partial charge in [-0.05, 0) is 65.8 Å². The number of aryl methyl sites for hydroxylation is 1. The third-order valence-corrected chi connectivity index (χ3v) is 5.33. The molecule has 3 aromatic rings. The molecular formula is C19H20IN5O. The Labute approximate surface area is 165 Å². The number of halogens is 1. The smallest absolute Gasteiger partial charge is 0.268 e. The zero-order valence-corrected chi connectivity index (χ0v) is 16.5. The molecule has 0 spiro atoms. The highest BCUT2D eigenvalue weighted by Gasteiger charge is 2.17. The first-order valence-electron chi connectivity index (χ1n) is 8.85. The van der Waals surface area contributed by atoms with Gasteiger partial charge in [0.05, 0.1) is 6.54 Å². The number of hydrogen-bond acceptors (Lipinski definition) is 3. The van der Waals surface area contributed by atoms with Gasteiger partial charge in [-0.1, -0.05) is 12.5 Å². The fourth-order valence-corrected chi connectivity index (χ4v) is 3.87. The molecule has 4 rings (SSSR count). The summed E-state index contributed by atoms with van der Waals surface area (Å²) in [5.74, 6) is 1.76. The number of fused-ring (bicyclic) bond motifs is 1. The molecule has 1 aromatic carbocycles. The molecule has 0 aliphatic carbocycles. The van der Waals surface area contributed by atoms with Gasteiger partial charge in [0, 0.05) is 28.4 Å². The fraction of sp³-hybridized carbons (Fsp3) is 0.316. The van der Waals surface area contributed by atoms with Gasteiger partial charge in [0.15, 0.2) is 5.82 Å². The van der Waals surface area contributed by atoms with E-state index in [1.165, 1.54) is 6.42 Å². The first-order chi connectivity index (χ1) is 12.7. The zero-order valence-electron chi connectivity index (χ0n) is 14.4. The summed E-state index contributed by atoms with van der Waals surface area (Å²) in [5, 5.41) is 11.6. The standard InChI is InChI=1S/C19H20IN5O/c20-14-6-4-7-15(12-14)24-11-5-8-16(24)19(26)21-13-18-23-22-17-9-2-1-3-10-25(17)18/h4-8,11-12H,1-3,9-10,13H2,(H,21,26). The van der Waals surface area contributed by atoms with Crippen LogP contribution in [0.3, 0.4) is 0 Å². The van der Waals surface area contributed by atoms with Gasteiger partial charge in [0.25, 0.3) is 5.91 Å². The van der Waals surface area contributed by atoms with Crippen molar-refractivity contribution in [3.8, 4) is 5.69 Å². The lowest BCUT2D eigenvalue weighted by Crippen LogP contribution is -2.26. The summed E-state index contributed by atoms with van der Waals surface area (Å²) >= 11 is 2.27. The molecule has 6 nitrogen and oxygen atoms in total. The summed E-state index contributed by atoms with van der Waals surface area (Å²) < 4.78 is 5.19. The van der Waals surface area contributed by atoms with E-state index in [0.29, 0.717) is 12.2 Å². The molecular weight excluding hydrogens is 441 g/mol. The fourth-order valence-electron chi connectivity index (χ4n) is 3.34. The molecule has 0 unspecified atom stereocenters.